The number of carboxylic acids is 1. The summed E-state index contributed by atoms with van der Waals surface area (Å²) in [5, 5.41) is 26.6. The molecule has 0 aromatic heterocycles. The Morgan fingerprint density at radius 2 is 2.00 bits per heavy atom. The van der Waals surface area contributed by atoms with E-state index in [1.165, 1.54) is 12.1 Å². The van der Waals surface area contributed by atoms with Crippen LogP contribution in [0.2, 0.25) is 0 Å². The van der Waals surface area contributed by atoms with Gasteiger partial charge >= 0.3 is 5.97 Å². The van der Waals surface area contributed by atoms with Crippen molar-refractivity contribution in [2.75, 3.05) is 12.4 Å². The molecule has 0 aliphatic rings. The first-order valence-corrected chi connectivity index (χ1v) is 7.27. The van der Waals surface area contributed by atoms with E-state index in [0.717, 1.165) is 6.07 Å². The second-order valence-electron chi connectivity index (χ2n) is 3.57. The third-order valence-electron chi connectivity index (χ3n) is 2.14. The van der Waals surface area contributed by atoms with E-state index < -0.39 is 34.3 Å². The van der Waals surface area contributed by atoms with Gasteiger partial charge in [0.25, 0.3) is 0 Å². The molecule has 18 heavy (non-hydrogen) atoms. The van der Waals surface area contributed by atoms with Gasteiger partial charge in [-0.15, -0.1) is 0 Å². The van der Waals surface area contributed by atoms with Crippen LogP contribution in [0.3, 0.4) is 0 Å². The van der Waals surface area contributed by atoms with Crippen molar-refractivity contribution in [2.24, 2.45) is 0 Å². The predicted molar refractivity (Wildman–Crippen MR) is 66.2 cm³/mol. The summed E-state index contributed by atoms with van der Waals surface area (Å²) in [4.78, 5) is 10.5. The van der Waals surface area contributed by atoms with Crippen molar-refractivity contribution in [3.63, 3.8) is 0 Å². The number of aliphatic hydroxyl groups is 2. The average molecular weight is 339 g/mol. The van der Waals surface area contributed by atoms with Gasteiger partial charge in [0.05, 0.1) is 28.9 Å². The Morgan fingerprint density at radius 1 is 1.39 bits per heavy atom. The molecule has 8 heteroatoms. The lowest BCUT2D eigenvalue weighted by Gasteiger charge is -2.10. The number of hydrogen-bond acceptors (Lipinski definition) is 5. The fourth-order valence-corrected chi connectivity index (χ4v) is 3.72. The number of rotatable bonds is 5. The number of halogens is 1. The van der Waals surface area contributed by atoms with Crippen molar-refractivity contribution >= 4 is 31.7 Å². The minimum atomic E-state index is -3.88. The number of aliphatic hydroxyl groups excluding tert-OH is 2. The van der Waals surface area contributed by atoms with E-state index in [9.17, 15) is 13.2 Å². The van der Waals surface area contributed by atoms with Gasteiger partial charge in [-0.1, -0.05) is 0 Å². The van der Waals surface area contributed by atoms with E-state index in [1.807, 2.05) is 0 Å². The van der Waals surface area contributed by atoms with Gasteiger partial charge < -0.3 is 15.3 Å². The zero-order valence-corrected chi connectivity index (χ0v) is 11.5. The quantitative estimate of drug-likeness (QED) is 0.710. The first-order chi connectivity index (χ1) is 8.27. The van der Waals surface area contributed by atoms with Crippen molar-refractivity contribution in [3.05, 3.63) is 28.2 Å². The summed E-state index contributed by atoms with van der Waals surface area (Å²) in [7, 11) is -3.88. The molecule has 0 radical (unpaired) electrons. The van der Waals surface area contributed by atoms with Crippen molar-refractivity contribution in [2.45, 2.75) is 11.0 Å². The normalized spacial score (nSPS) is 13.3. The van der Waals surface area contributed by atoms with E-state index in [4.69, 9.17) is 15.3 Å². The molecule has 0 fully saturated rings. The van der Waals surface area contributed by atoms with Crippen molar-refractivity contribution in [1.29, 1.82) is 0 Å². The third kappa shape index (κ3) is 3.52. The van der Waals surface area contributed by atoms with Crippen LogP contribution >= 0.6 is 15.9 Å². The highest BCUT2D eigenvalue weighted by Crippen LogP contribution is 2.24. The van der Waals surface area contributed by atoms with Crippen LogP contribution in [-0.4, -0.2) is 48.2 Å². The zero-order chi connectivity index (χ0) is 13.9. The highest BCUT2D eigenvalue weighted by atomic mass is 79.9. The Hall–Kier alpha value is -0.960. The number of benzene rings is 1. The Labute approximate surface area is 112 Å². The Balaban J connectivity index is 3.23. The van der Waals surface area contributed by atoms with Crippen LogP contribution in [0.1, 0.15) is 10.4 Å². The van der Waals surface area contributed by atoms with E-state index in [0.29, 0.717) is 0 Å². The summed E-state index contributed by atoms with van der Waals surface area (Å²) < 4.78 is 24.0. The van der Waals surface area contributed by atoms with Gasteiger partial charge in [0.1, 0.15) is 0 Å². The Bertz CT molecular complexity index is 553. The summed E-state index contributed by atoms with van der Waals surface area (Å²) in [6.07, 6.45) is -1.41. The Morgan fingerprint density at radius 3 is 2.50 bits per heavy atom. The molecule has 6 nitrogen and oxygen atoms in total. The maximum atomic E-state index is 11.9. The molecular formula is C10H11BrO6S. The number of carboxylic acid groups (broad SMARTS) is 1. The standard InChI is InChI=1S/C10H11BrO6S/c11-8-2-1-6(10(14)15)3-9(8)18(16,17)5-7(13)4-12/h1-3,7,12-13H,4-5H2,(H,14,15). The molecule has 0 aliphatic carbocycles. The molecule has 1 aromatic rings. The first kappa shape index (κ1) is 15.1. The SMILES string of the molecule is O=C(O)c1ccc(Br)c(S(=O)(=O)CC(O)CO)c1. The zero-order valence-electron chi connectivity index (χ0n) is 9.08. The highest BCUT2D eigenvalue weighted by molar-refractivity contribution is 9.10. The van der Waals surface area contributed by atoms with Gasteiger partial charge in [0.2, 0.25) is 0 Å². The molecule has 0 spiro atoms. The van der Waals surface area contributed by atoms with E-state index in [2.05, 4.69) is 15.9 Å². The summed E-state index contributed by atoms with van der Waals surface area (Å²) in [6, 6.07) is 3.57. The fraction of sp³-hybridized carbons (Fsp3) is 0.300. The summed E-state index contributed by atoms with van der Waals surface area (Å²) >= 11 is 3.01. The molecule has 1 aromatic carbocycles. The molecule has 0 amide bonds. The number of sulfone groups is 1. The van der Waals surface area contributed by atoms with Crippen molar-refractivity contribution in [3.8, 4) is 0 Å². The summed E-state index contributed by atoms with van der Waals surface area (Å²) in [5.74, 6) is -1.92. The van der Waals surface area contributed by atoms with Crippen LogP contribution in [0.25, 0.3) is 0 Å². The van der Waals surface area contributed by atoms with Crippen LogP contribution in [0.15, 0.2) is 27.6 Å². The lowest BCUT2D eigenvalue weighted by atomic mass is 10.2. The molecule has 0 bridgehead atoms. The lowest BCUT2D eigenvalue weighted by molar-refractivity contribution is 0.0696. The molecule has 0 aliphatic heterocycles. The summed E-state index contributed by atoms with van der Waals surface area (Å²) in [6.45, 7) is -0.685. The minimum Gasteiger partial charge on any atom is -0.478 e. The van der Waals surface area contributed by atoms with Crippen LogP contribution < -0.4 is 0 Å². The largest absolute Gasteiger partial charge is 0.478 e. The molecule has 1 rings (SSSR count). The third-order valence-corrected chi connectivity index (χ3v) is 4.92. The molecule has 0 saturated heterocycles. The van der Waals surface area contributed by atoms with E-state index in [-0.39, 0.29) is 14.9 Å². The van der Waals surface area contributed by atoms with E-state index >= 15 is 0 Å². The number of carbonyl (C=O) groups is 1. The molecule has 0 heterocycles. The molecular weight excluding hydrogens is 328 g/mol. The van der Waals surface area contributed by atoms with Gasteiger partial charge in [0, 0.05) is 4.47 Å². The summed E-state index contributed by atoms with van der Waals surface area (Å²) in [5.41, 5.74) is -0.171. The van der Waals surface area contributed by atoms with Crippen molar-refractivity contribution in [1.82, 2.24) is 0 Å². The van der Waals surface area contributed by atoms with Gasteiger partial charge in [-0.3, -0.25) is 0 Å². The van der Waals surface area contributed by atoms with Crippen LogP contribution in [-0.2, 0) is 9.84 Å². The maximum Gasteiger partial charge on any atom is 0.335 e. The molecule has 3 N–H and O–H groups in total. The maximum absolute atomic E-state index is 11.9. The molecule has 1 unspecified atom stereocenters. The molecule has 0 saturated carbocycles. The van der Waals surface area contributed by atoms with E-state index in [1.54, 1.807) is 0 Å². The van der Waals surface area contributed by atoms with Crippen molar-refractivity contribution < 1.29 is 28.5 Å². The lowest BCUT2D eigenvalue weighted by Crippen LogP contribution is -2.24. The second kappa shape index (κ2) is 5.79. The number of aromatic carboxylic acids is 1. The molecule has 100 valence electrons. The van der Waals surface area contributed by atoms with Gasteiger partial charge in [0.15, 0.2) is 9.84 Å². The van der Waals surface area contributed by atoms with Crippen LogP contribution in [0, 0.1) is 0 Å². The smallest absolute Gasteiger partial charge is 0.335 e. The highest BCUT2D eigenvalue weighted by Gasteiger charge is 2.23. The average Bonchev–Trinajstić information content (AvgIpc) is 2.28. The van der Waals surface area contributed by atoms with Gasteiger partial charge in [-0.05, 0) is 34.1 Å². The van der Waals surface area contributed by atoms with Gasteiger partial charge in [-0.25, -0.2) is 13.2 Å². The molecule has 1 atom stereocenters. The predicted octanol–water partition coefficient (Wildman–Crippen LogP) is 0.274. The second-order valence-corrected chi connectivity index (χ2v) is 6.43. The topological polar surface area (TPSA) is 112 Å². The first-order valence-electron chi connectivity index (χ1n) is 4.82. The minimum absolute atomic E-state index is 0.171. The van der Waals surface area contributed by atoms with Gasteiger partial charge in [-0.2, -0.15) is 0 Å². The monoisotopic (exact) mass is 338 g/mol. The number of hydrogen-bond donors (Lipinski definition) is 3. The fourth-order valence-electron chi connectivity index (χ4n) is 1.27. The van der Waals surface area contributed by atoms with Crippen LogP contribution in [0.4, 0.5) is 0 Å². The van der Waals surface area contributed by atoms with Crippen LogP contribution in [0.5, 0.6) is 0 Å². The Kier molecular flexibility index (Phi) is 4.85.